The van der Waals surface area contributed by atoms with Crippen molar-refractivity contribution >= 4 is 17.9 Å². The summed E-state index contributed by atoms with van der Waals surface area (Å²) in [4.78, 5) is 37.9. The third kappa shape index (κ3) is 47.5. The first-order valence-electron chi connectivity index (χ1n) is 26.6. The van der Waals surface area contributed by atoms with Gasteiger partial charge in [-0.1, -0.05) is 253 Å². The van der Waals surface area contributed by atoms with E-state index in [4.69, 9.17) is 14.2 Å². The Morgan fingerprint density at radius 2 is 0.483 bits per heavy atom. The van der Waals surface area contributed by atoms with Crippen LogP contribution >= 0.6 is 0 Å². The maximum Gasteiger partial charge on any atom is 0.306 e. The lowest BCUT2D eigenvalue weighted by molar-refractivity contribution is -0.167. The van der Waals surface area contributed by atoms with Gasteiger partial charge in [0.15, 0.2) is 6.10 Å². The molecule has 0 unspecified atom stereocenters. The molecule has 0 fully saturated rings. The highest BCUT2D eigenvalue weighted by Gasteiger charge is 2.19. The van der Waals surface area contributed by atoms with E-state index in [9.17, 15) is 14.4 Å². The molecule has 0 aliphatic carbocycles. The molecule has 1 atom stereocenters. The summed E-state index contributed by atoms with van der Waals surface area (Å²) in [5, 5.41) is 0. The molecule has 0 heterocycles. The molecule has 0 aromatic heterocycles. The fourth-order valence-electron chi connectivity index (χ4n) is 8.12. The number of carbonyl (C=O) groups excluding carboxylic acids is 3. The summed E-state index contributed by atoms with van der Waals surface area (Å²) >= 11 is 0. The number of rotatable bonds is 47. The number of esters is 3. The molecule has 0 amide bonds. The van der Waals surface area contributed by atoms with Gasteiger partial charge < -0.3 is 14.2 Å². The minimum absolute atomic E-state index is 0.0650. The molecule has 0 aromatic rings. The largest absolute Gasteiger partial charge is 0.462 e. The normalized spacial score (nSPS) is 12.2. The highest BCUT2D eigenvalue weighted by Crippen LogP contribution is 2.18. The van der Waals surface area contributed by atoms with Crippen molar-refractivity contribution in [3.05, 3.63) is 0 Å². The first kappa shape index (κ1) is 58.4. The number of hydrogen-bond donors (Lipinski definition) is 0. The first-order valence-corrected chi connectivity index (χ1v) is 26.6. The third-order valence-electron chi connectivity index (χ3n) is 12.1. The van der Waals surface area contributed by atoms with Crippen LogP contribution in [-0.4, -0.2) is 37.2 Å². The molecule has 0 saturated heterocycles. The van der Waals surface area contributed by atoms with Crippen molar-refractivity contribution in [2.45, 2.75) is 298 Å². The van der Waals surface area contributed by atoms with Crippen molar-refractivity contribution in [3.63, 3.8) is 0 Å². The summed E-state index contributed by atoms with van der Waals surface area (Å²) in [6.07, 6.45) is 45.3. The zero-order valence-corrected chi connectivity index (χ0v) is 41.3. The van der Waals surface area contributed by atoms with Gasteiger partial charge in [0.05, 0.1) is 0 Å². The van der Waals surface area contributed by atoms with E-state index in [1.54, 1.807) is 0 Å². The summed E-state index contributed by atoms with van der Waals surface area (Å²) in [5.41, 5.74) is 0. The Bertz CT molecular complexity index is 929. The van der Waals surface area contributed by atoms with E-state index in [-0.39, 0.29) is 31.1 Å². The van der Waals surface area contributed by atoms with Crippen molar-refractivity contribution in [1.29, 1.82) is 0 Å². The monoisotopic (exact) mass is 849 g/mol. The van der Waals surface area contributed by atoms with Crippen molar-refractivity contribution in [2.75, 3.05) is 13.2 Å². The Balaban J connectivity index is 4.25. The van der Waals surface area contributed by atoms with Crippen LogP contribution in [0.4, 0.5) is 0 Å². The highest BCUT2D eigenvalue weighted by molar-refractivity contribution is 5.71. The van der Waals surface area contributed by atoms with Crippen LogP contribution in [0.1, 0.15) is 292 Å². The Hall–Kier alpha value is -1.59. The third-order valence-corrected chi connectivity index (χ3v) is 12.1. The maximum absolute atomic E-state index is 12.8. The second-order valence-corrected chi connectivity index (χ2v) is 19.9. The molecule has 0 rings (SSSR count). The van der Waals surface area contributed by atoms with Gasteiger partial charge in [0.2, 0.25) is 0 Å². The van der Waals surface area contributed by atoms with Gasteiger partial charge in [-0.25, -0.2) is 0 Å². The quantitative estimate of drug-likeness (QED) is 0.0345. The van der Waals surface area contributed by atoms with Gasteiger partial charge >= 0.3 is 17.9 Å². The molecular formula is C54H104O6. The molecular weight excluding hydrogens is 745 g/mol. The van der Waals surface area contributed by atoms with Crippen LogP contribution in [0, 0.1) is 17.8 Å². The van der Waals surface area contributed by atoms with E-state index >= 15 is 0 Å². The summed E-state index contributed by atoms with van der Waals surface area (Å²) in [6, 6.07) is 0. The summed E-state index contributed by atoms with van der Waals surface area (Å²) < 4.78 is 16.8. The fraction of sp³-hybridized carbons (Fsp3) is 0.944. The van der Waals surface area contributed by atoms with E-state index in [2.05, 4.69) is 41.5 Å². The predicted molar refractivity (Wildman–Crippen MR) is 256 cm³/mol. The number of hydrogen-bond acceptors (Lipinski definition) is 6. The van der Waals surface area contributed by atoms with Gasteiger partial charge in [-0.05, 0) is 37.0 Å². The highest BCUT2D eigenvalue weighted by atomic mass is 16.6. The van der Waals surface area contributed by atoms with Gasteiger partial charge in [-0.15, -0.1) is 0 Å². The van der Waals surface area contributed by atoms with E-state index in [1.165, 1.54) is 173 Å². The van der Waals surface area contributed by atoms with Gasteiger partial charge in [0, 0.05) is 19.3 Å². The Morgan fingerprint density at radius 3 is 0.717 bits per heavy atom. The summed E-state index contributed by atoms with van der Waals surface area (Å²) in [5.74, 6) is 1.60. The van der Waals surface area contributed by atoms with Crippen LogP contribution in [0.25, 0.3) is 0 Å². The van der Waals surface area contributed by atoms with Crippen molar-refractivity contribution < 1.29 is 28.6 Å². The topological polar surface area (TPSA) is 78.9 Å². The second kappa shape index (κ2) is 45.4. The Morgan fingerprint density at radius 1 is 0.283 bits per heavy atom. The van der Waals surface area contributed by atoms with Crippen LogP contribution < -0.4 is 0 Å². The summed E-state index contributed by atoms with van der Waals surface area (Å²) in [7, 11) is 0. The van der Waals surface area contributed by atoms with Crippen LogP contribution in [0.2, 0.25) is 0 Å². The smallest absolute Gasteiger partial charge is 0.306 e. The molecule has 0 spiro atoms. The molecule has 0 radical (unpaired) electrons. The Kier molecular flexibility index (Phi) is 44.2. The zero-order chi connectivity index (χ0) is 44.2. The van der Waals surface area contributed by atoms with Crippen LogP contribution in [0.3, 0.4) is 0 Å². The second-order valence-electron chi connectivity index (χ2n) is 19.9. The molecule has 0 aliphatic rings. The lowest BCUT2D eigenvalue weighted by Gasteiger charge is -2.18. The van der Waals surface area contributed by atoms with E-state index in [0.29, 0.717) is 19.3 Å². The van der Waals surface area contributed by atoms with E-state index < -0.39 is 6.10 Å². The maximum atomic E-state index is 12.8. The summed E-state index contributed by atoms with van der Waals surface area (Å²) in [6.45, 7) is 13.7. The average Bonchev–Trinajstić information content (AvgIpc) is 3.20. The van der Waals surface area contributed by atoms with E-state index in [1.807, 2.05) is 0 Å². The van der Waals surface area contributed by atoms with Crippen molar-refractivity contribution in [2.24, 2.45) is 17.8 Å². The average molecular weight is 849 g/mol. The zero-order valence-electron chi connectivity index (χ0n) is 41.3. The van der Waals surface area contributed by atoms with Gasteiger partial charge in [0.25, 0.3) is 0 Å². The molecule has 0 aliphatic heterocycles. The number of carbonyl (C=O) groups is 3. The lowest BCUT2D eigenvalue weighted by atomic mass is 10.0. The van der Waals surface area contributed by atoms with Crippen molar-refractivity contribution in [1.82, 2.24) is 0 Å². The SMILES string of the molecule is CC(C)CCCCCCCCCCCCCCCCCC(=O)OC[C@@H](COC(=O)CCCCCCCCCCCCCC(C)C)OC(=O)CCCCCCCCCC(C)C. The molecule has 6 heteroatoms. The number of unbranched alkanes of at least 4 members (excludes halogenated alkanes) is 30. The predicted octanol–water partition coefficient (Wildman–Crippen LogP) is 17.2. The molecule has 60 heavy (non-hydrogen) atoms. The van der Waals surface area contributed by atoms with Gasteiger partial charge in [-0.2, -0.15) is 0 Å². The molecule has 0 saturated carbocycles. The minimum Gasteiger partial charge on any atom is -0.462 e. The number of ether oxygens (including phenoxy) is 3. The standard InChI is InChI=1S/C54H104O6/c1-48(2)40-34-28-22-17-13-10-8-7-9-11-15-19-25-31-37-43-52(55)58-46-51(60-54(57)45-39-33-27-21-24-30-36-42-50(5)6)47-59-53(56)44-38-32-26-20-16-12-14-18-23-29-35-41-49(3)4/h48-51H,7-47H2,1-6H3/t51-/m0/s1. The van der Waals surface area contributed by atoms with E-state index in [0.717, 1.165) is 75.5 Å². The molecule has 0 N–H and O–H groups in total. The molecule has 356 valence electrons. The minimum atomic E-state index is -0.763. The molecule has 6 nitrogen and oxygen atoms in total. The van der Waals surface area contributed by atoms with Crippen LogP contribution in [0.5, 0.6) is 0 Å². The molecule has 0 bridgehead atoms. The lowest BCUT2D eigenvalue weighted by Crippen LogP contribution is -2.30. The van der Waals surface area contributed by atoms with Gasteiger partial charge in [-0.3, -0.25) is 14.4 Å². The Labute approximate surface area is 374 Å². The first-order chi connectivity index (χ1) is 29.1. The van der Waals surface area contributed by atoms with Gasteiger partial charge in [0.1, 0.15) is 13.2 Å². The molecule has 0 aromatic carbocycles. The fourth-order valence-corrected chi connectivity index (χ4v) is 8.12. The van der Waals surface area contributed by atoms with Crippen LogP contribution in [0.15, 0.2) is 0 Å². The van der Waals surface area contributed by atoms with Crippen LogP contribution in [-0.2, 0) is 28.6 Å². The van der Waals surface area contributed by atoms with Crippen molar-refractivity contribution in [3.8, 4) is 0 Å².